The molecule has 138 valence electrons. The highest BCUT2D eigenvalue weighted by atomic mass is 31.2. The molecule has 1 saturated heterocycles. The average molecular weight is 354 g/mol. The Kier molecular flexibility index (Phi) is 9.23. The highest BCUT2D eigenvalue weighted by molar-refractivity contribution is 7.47. The molecule has 0 saturated carbocycles. The van der Waals surface area contributed by atoms with Gasteiger partial charge in [0, 0.05) is 6.61 Å². The fourth-order valence-electron chi connectivity index (χ4n) is 2.64. The smallest absolute Gasteiger partial charge is 0.396 e. The molecule has 7 nitrogen and oxygen atoms in total. The first-order valence-corrected chi connectivity index (χ1v) is 9.86. The SMILES string of the molecule is CC(C)C[C@H]1O[C@@H](C)[C@H](O)[C@@H]1OP(=O)(O)OCCCCCCO. The normalized spacial score (nSPS) is 30.7. The lowest BCUT2D eigenvalue weighted by Gasteiger charge is -2.24. The van der Waals surface area contributed by atoms with Crippen LogP contribution in [0.2, 0.25) is 0 Å². The maximum Gasteiger partial charge on any atom is 0.472 e. The Balaban J connectivity index is 2.45. The summed E-state index contributed by atoms with van der Waals surface area (Å²) in [7, 11) is -4.23. The Morgan fingerprint density at radius 1 is 1.22 bits per heavy atom. The second-order valence-electron chi connectivity index (χ2n) is 6.51. The van der Waals surface area contributed by atoms with Crippen LogP contribution in [0.15, 0.2) is 0 Å². The number of hydrogen-bond acceptors (Lipinski definition) is 6. The van der Waals surface area contributed by atoms with E-state index >= 15 is 0 Å². The van der Waals surface area contributed by atoms with Crippen molar-refractivity contribution in [1.82, 2.24) is 0 Å². The van der Waals surface area contributed by atoms with Gasteiger partial charge in [-0.05, 0) is 32.1 Å². The van der Waals surface area contributed by atoms with Gasteiger partial charge in [-0.3, -0.25) is 9.05 Å². The van der Waals surface area contributed by atoms with E-state index in [0.717, 1.165) is 12.8 Å². The summed E-state index contributed by atoms with van der Waals surface area (Å²) in [6.45, 7) is 5.99. The van der Waals surface area contributed by atoms with Gasteiger partial charge in [0.1, 0.15) is 12.2 Å². The van der Waals surface area contributed by atoms with Gasteiger partial charge in [0.2, 0.25) is 0 Å². The molecule has 0 aromatic rings. The van der Waals surface area contributed by atoms with Crippen molar-refractivity contribution in [3.63, 3.8) is 0 Å². The minimum absolute atomic E-state index is 0.104. The molecule has 5 atom stereocenters. The van der Waals surface area contributed by atoms with Crippen molar-refractivity contribution in [2.45, 2.75) is 77.3 Å². The largest absolute Gasteiger partial charge is 0.472 e. The fourth-order valence-corrected chi connectivity index (χ4v) is 3.63. The standard InChI is InChI=1S/C15H31O7P/c1-11(2)10-13-15(14(17)12(3)21-13)22-23(18,19)20-9-7-5-4-6-8-16/h11-17H,4-10H2,1-3H3,(H,18,19)/t12-,13+,14-,15+/m0/s1. The number of ether oxygens (including phenoxy) is 1. The van der Waals surface area contributed by atoms with Gasteiger partial charge in [0.25, 0.3) is 0 Å². The van der Waals surface area contributed by atoms with Crippen LogP contribution in [0.5, 0.6) is 0 Å². The van der Waals surface area contributed by atoms with Crippen LogP contribution in [-0.2, 0) is 18.3 Å². The molecule has 0 bridgehead atoms. The summed E-state index contributed by atoms with van der Waals surface area (Å²) in [5.74, 6) is 0.314. The Hall–Kier alpha value is -0.0100. The van der Waals surface area contributed by atoms with Crippen molar-refractivity contribution in [1.29, 1.82) is 0 Å². The summed E-state index contributed by atoms with van der Waals surface area (Å²) in [4.78, 5) is 9.84. The third-order valence-corrected chi connectivity index (χ3v) is 4.86. The molecular weight excluding hydrogens is 323 g/mol. The van der Waals surface area contributed by atoms with Crippen LogP contribution in [0, 0.1) is 5.92 Å². The zero-order valence-electron chi connectivity index (χ0n) is 14.3. The summed E-state index contributed by atoms with van der Waals surface area (Å²) in [5.41, 5.74) is 0. The van der Waals surface area contributed by atoms with Gasteiger partial charge >= 0.3 is 7.82 Å². The van der Waals surface area contributed by atoms with Gasteiger partial charge in [-0.1, -0.05) is 26.7 Å². The number of unbranched alkanes of at least 4 members (excludes halogenated alkanes) is 3. The van der Waals surface area contributed by atoms with Crippen molar-refractivity contribution in [2.75, 3.05) is 13.2 Å². The van der Waals surface area contributed by atoms with Gasteiger partial charge < -0.3 is 19.8 Å². The van der Waals surface area contributed by atoms with Gasteiger partial charge in [-0.2, -0.15) is 0 Å². The Morgan fingerprint density at radius 3 is 2.48 bits per heavy atom. The van der Waals surface area contributed by atoms with Gasteiger partial charge in [-0.15, -0.1) is 0 Å². The molecule has 1 aliphatic rings. The Labute approximate surface area is 138 Å². The molecule has 1 aliphatic heterocycles. The molecule has 0 aliphatic carbocycles. The van der Waals surface area contributed by atoms with Crippen LogP contribution >= 0.6 is 7.82 Å². The van der Waals surface area contributed by atoms with E-state index in [1.807, 2.05) is 13.8 Å². The zero-order chi connectivity index (χ0) is 17.5. The van der Waals surface area contributed by atoms with Crippen molar-refractivity contribution in [3.05, 3.63) is 0 Å². The quantitative estimate of drug-likeness (QED) is 0.386. The molecule has 1 heterocycles. The molecule has 1 fully saturated rings. The second-order valence-corrected chi connectivity index (χ2v) is 7.92. The molecule has 0 aromatic heterocycles. The highest BCUT2D eigenvalue weighted by Gasteiger charge is 2.46. The number of phosphoric ester groups is 1. The lowest BCUT2D eigenvalue weighted by atomic mass is 10.00. The third kappa shape index (κ3) is 7.61. The molecular formula is C15H31O7P. The van der Waals surface area contributed by atoms with E-state index in [9.17, 15) is 14.6 Å². The molecule has 23 heavy (non-hydrogen) atoms. The molecule has 3 N–H and O–H groups in total. The molecule has 0 aromatic carbocycles. The Bertz CT molecular complexity index is 375. The lowest BCUT2D eigenvalue weighted by Crippen LogP contribution is -2.34. The van der Waals surface area contributed by atoms with E-state index in [0.29, 0.717) is 25.2 Å². The summed E-state index contributed by atoms with van der Waals surface area (Å²) >= 11 is 0. The molecule has 1 rings (SSSR count). The third-order valence-electron chi connectivity index (χ3n) is 3.84. The number of rotatable bonds is 11. The lowest BCUT2D eigenvalue weighted by molar-refractivity contribution is -0.000545. The molecule has 0 radical (unpaired) electrons. The summed E-state index contributed by atoms with van der Waals surface area (Å²) in [6, 6.07) is 0. The molecule has 0 spiro atoms. The van der Waals surface area contributed by atoms with Gasteiger partial charge in [0.05, 0.1) is 18.8 Å². The van der Waals surface area contributed by atoms with E-state index < -0.39 is 32.2 Å². The first-order valence-electron chi connectivity index (χ1n) is 8.37. The minimum atomic E-state index is -4.23. The van der Waals surface area contributed by atoms with Crippen LogP contribution in [0.1, 0.15) is 52.9 Å². The number of phosphoric acid groups is 1. The monoisotopic (exact) mass is 354 g/mol. The molecule has 0 amide bonds. The predicted octanol–water partition coefficient (Wildman–Crippen LogP) is 2.24. The van der Waals surface area contributed by atoms with Crippen LogP contribution in [-0.4, -0.2) is 52.7 Å². The van der Waals surface area contributed by atoms with Crippen molar-refractivity contribution < 1.29 is 33.5 Å². The van der Waals surface area contributed by atoms with Crippen LogP contribution in [0.4, 0.5) is 0 Å². The highest BCUT2D eigenvalue weighted by Crippen LogP contribution is 2.48. The summed E-state index contributed by atoms with van der Waals surface area (Å²) < 4.78 is 27.8. The topological polar surface area (TPSA) is 105 Å². The fraction of sp³-hybridized carbons (Fsp3) is 1.00. The minimum Gasteiger partial charge on any atom is -0.396 e. The summed E-state index contributed by atoms with van der Waals surface area (Å²) in [6.07, 6.45) is 0.938. The van der Waals surface area contributed by atoms with Crippen molar-refractivity contribution in [3.8, 4) is 0 Å². The van der Waals surface area contributed by atoms with Crippen molar-refractivity contribution in [2.24, 2.45) is 5.92 Å². The van der Waals surface area contributed by atoms with E-state index in [1.165, 1.54) is 0 Å². The first kappa shape index (κ1) is 21.0. The van der Waals surface area contributed by atoms with Crippen molar-refractivity contribution >= 4 is 7.82 Å². The van der Waals surface area contributed by atoms with E-state index in [4.69, 9.17) is 18.9 Å². The van der Waals surface area contributed by atoms with Crippen LogP contribution in [0.3, 0.4) is 0 Å². The number of aliphatic hydroxyl groups is 2. The number of hydrogen-bond donors (Lipinski definition) is 3. The maximum absolute atomic E-state index is 12.0. The average Bonchev–Trinajstić information content (AvgIpc) is 2.69. The van der Waals surface area contributed by atoms with Gasteiger partial charge in [0.15, 0.2) is 0 Å². The van der Waals surface area contributed by atoms with Crippen LogP contribution < -0.4 is 0 Å². The van der Waals surface area contributed by atoms with E-state index in [1.54, 1.807) is 6.92 Å². The Morgan fingerprint density at radius 2 is 1.87 bits per heavy atom. The van der Waals surface area contributed by atoms with Crippen LogP contribution in [0.25, 0.3) is 0 Å². The zero-order valence-corrected chi connectivity index (χ0v) is 15.2. The van der Waals surface area contributed by atoms with E-state index in [-0.39, 0.29) is 13.2 Å². The second kappa shape index (κ2) is 10.1. The molecule has 1 unspecified atom stereocenters. The molecule has 8 heteroatoms. The van der Waals surface area contributed by atoms with E-state index in [2.05, 4.69) is 0 Å². The number of aliphatic hydroxyl groups excluding tert-OH is 2. The maximum atomic E-state index is 12.0. The van der Waals surface area contributed by atoms with Gasteiger partial charge in [-0.25, -0.2) is 4.57 Å². The predicted molar refractivity (Wildman–Crippen MR) is 86.0 cm³/mol. The summed E-state index contributed by atoms with van der Waals surface area (Å²) in [5, 5.41) is 18.8. The first-order chi connectivity index (χ1) is 10.8.